The first-order valence-electron chi connectivity index (χ1n) is 9.88. The van der Waals surface area contributed by atoms with Crippen LogP contribution in [0.25, 0.3) is 5.69 Å². The average Bonchev–Trinajstić information content (AvgIpc) is 2.97. The number of nitrogens with one attached hydrogen (secondary N) is 1. The zero-order valence-corrected chi connectivity index (χ0v) is 17.7. The molecule has 0 amide bonds. The van der Waals surface area contributed by atoms with E-state index in [0.717, 1.165) is 55.6 Å². The maximum atomic E-state index is 5.57. The van der Waals surface area contributed by atoms with Gasteiger partial charge in [-0.1, -0.05) is 25.1 Å². The minimum atomic E-state index is 0.435. The smallest absolute Gasteiger partial charge is 0.169 e. The summed E-state index contributed by atoms with van der Waals surface area (Å²) in [5.41, 5.74) is 4.81. The summed E-state index contributed by atoms with van der Waals surface area (Å²) in [4.78, 5) is 4.81. The van der Waals surface area contributed by atoms with Gasteiger partial charge in [-0.05, 0) is 51.5 Å². The highest BCUT2D eigenvalue weighted by Crippen LogP contribution is 2.20. The van der Waals surface area contributed by atoms with Crippen molar-refractivity contribution in [1.82, 2.24) is 24.9 Å². The third-order valence-electron chi connectivity index (χ3n) is 5.47. The number of hydrogen-bond acceptors (Lipinski definition) is 3. The molecule has 0 spiro atoms. The van der Waals surface area contributed by atoms with Gasteiger partial charge in [0.15, 0.2) is 5.11 Å². The Morgan fingerprint density at radius 2 is 1.81 bits per heavy atom. The van der Waals surface area contributed by atoms with Crippen LogP contribution in [0.2, 0.25) is 0 Å². The lowest BCUT2D eigenvalue weighted by atomic mass is 10.1. The number of benzene rings is 1. The lowest BCUT2D eigenvalue weighted by Gasteiger charge is -2.37. The van der Waals surface area contributed by atoms with Crippen LogP contribution in [-0.4, -0.2) is 56.9 Å². The summed E-state index contributed by atoms with van der Waals surface area (Å²) in [6.45, 7) is 13.6. The molecule has 0 radical (unpaired) electrons. The van der Waals surface area contributed by atoms with Crippen molar-refractivity contribution in [3.63, 3.8) is 0 Å². The SMILES string of the molecule is CCC(C)NC(=S)N1CCN(Cc2c(C)nn(-c3ccccc3)c2C)CC1. The van der Waals surface area contributed by atoms with Crippen LogP contribution < -0.4 is 5.32 Å². The molecule has 1 aromatic heterocycles. The molecule has 27 heavy (non-hydrogen) atoms. The van der Waals surface area contributed by atoms with Crippen molar-refractivity contribution in [3.05, 3.63) is 47.3 Å². The molecular formula is C21H31N5S. The number of piperazine rings is 1. The third-order valence-corrected chi connectivity index (χ3v) is 5.84. The average molecular weight is 386 g/mol. The van der Waals surface area contributed by atoms with Crippen LogP contribution in [0.15, 0.2) is 30.3 Å². The van der Waals surface area contributed by atoms with E-state index in [1.165, 1.54) is 11.3 Å². The number of thiocarbonyl (C=S) groups is 1. The second kappa shape index (κ2) is 8.85. The fourth-order valence-corrected chi connectivity index (χ4v) is 3.84. The van der Waals surface area contributed by atoms with E-state index in [-0.39, 0.29) is 0 Å². The Labute approximate surface area is 168 Å². The maximum Gasteiger partial charge on any atom is 0.169 e. The molecular weight excluding hydrogens is 354 g/mol. The Bertz CT molecular complexity index is 762. The molecule has 1 N–H and O–H groups in total. The largest absolute Gasteiger partial charge is 0.360 e. The lowest BCUT2D eigenvalue weighted by Crippen LogP contribution is -2.52. The monoisotopic (exact) mass is 385 g/mol. The van der Waals surface area contributed by atoms with E-state index in [2.05, 4.69) is 71.8 Å². The number of rotatable bonds is 5. The molecule has 1 aromatic carbocycles. The number of nitrogens with zero attached hydrogens (tertiary/aromatic N) is 4. The molecule has 2 aromatic rings. The quantitative estimate of drug-likeness (QED) is 0.800. The highest BCUT2D eigenvalue weighted by molar-refractivity contribution is 7.80. The highest BCUT2D eigenvalue weighted by atomic mass is 32.1. The van der Waals surface area contributed by atoms with Crippen molar-refractivity contribution in [1.29, 1.82) is 0 Å². The van der Waals surface area contributed by atoms with Gasteiger partial charge in [-0.3, -0.25) is 4.90 Å². The molecule has 1 fully saturated rings. The normalized spacial score (nSPS) is 16.4. The Hall–Kier alpha value is -1.92. The maximum absolute atomic E-state index is 5.57. The van der Waals surface area contributed by atoms with Gasteiger partial charge in [-0.15, -0.1) is 0 Å². The summed E-state index contributed by atoms with van der Waals surface area (Å²) in [5, 5.41) is 9.11. The minimum Gasteiger partial charge on any atom is -0.360 e. The Morgan fingerprint density at radius 1 is 1.15 bits per heavy atom. The van der Waals surface area contributed by atoms with Gasteiger partial charge in [0.2, 0.25) is 0 Å². The first kappa shape index (κ1) is 19.8. The van der Waals surface area contributed by atoms with Gasteiger partial charge in [0.1, 0.15) is 0 Å². The molecule has 1 aliphatic heterocycles. The summed E-state index contributed by atoms with van der Waals surface area (Å²) in [6.07, 6.45) is 1.09. The molecule has 1 unspecified atom stereocenters. The molecule has 3 rings (SSSR count). The summed E-state index contributed by atoms with van der Waals surface area (Å²) in [7, 11) is 0. The molecule has 1 saturated heterocycles. The van der Waals surface area contributed by atoms with E-state index < -0.39 is 0 Å². The van der Waals surface area contributed by atoms with Gasteiger partial charge < -0.3 is 10.2 Å². The minimum absolute atomic E-state index is 0.435. The zero-order valence-electron chi connectivity index (χ0n) is 16.9. The topological polar surface area (TPSA) is 36.3 Å². The highest BCUT2D eigenvalue weighted by Gasteiger charge is 2.22. The standard InChI is InChI=1S/C21H31N5S/c1-5-16(2)22-21(27)25-13-11-24(12-14-25)15-20-17(3)23-26(18(20)4)19-9-7-6-8-10-19/h6-10,16H,5,11-15H2,1-4H3,(H,22,27). The van der Waals surface area contributed by atoms with Gasteiger partial charge >= 0.3 is 0 Å². The second-order valence-electron chi connectivity index (χ2n) is 7.42. The van der Waals surface area contributed by atoms with E-state index in [0.29, 0.717) is 6.04 Å². The van der Waals surface area contributed by atoms with Crippen LogP contribution in [0.3, 0.4) is 0 Å². The third kappa shape index (κ3) is 4.68. The molecule has 146 valence electrons. The Balaban J connectivity index is 1.61. The van der Waals surface area contributed by atoms with Crippen molar-refractivity contribution >= 4 is 17.3 Å². The first-order valence-corrected chi connectivity index (χ1v) is 10.3. The van der Waals surface area contributed by atoms with Crippen molar-refractivity contribution in [2.45, 2.75) is 46.7 Å². The van der Waals surface area contributed by atoms with Crippen LogP contribution in [-0.2, 0) is 6.54 Å². The number of aryl methyl sites for hydroxylation is 1. The molecule has 1 atom stereocenters. The van der Waals surface area contributed by atoms with Crippen molar-refractivity contribution in [3.8, 4) is 5.69 Å². The number of aromatic nitrogens is 2. The molecule has 0 aliphatic carbocycles. The predicted octanol–water partition coefficient (Wildman–Crippen LogP) is 3.28. The summed E-state index contributed by atoms with van der Waals surface area (Å²) >= 11 is 5.57. The zero-order chi connectivity index (χ0) is 19.4. The Morgan fingerprint density at radius 3 is 2.44 bits per heavy atom. The number of para-hydroxylation sites is 1. The molecule has 1 aliphatic rings. The molecule has 2 heterocycles. The van der Waals surface area contributed by atoms with E-state index in [9.17, 15) is 0 Å². The van der Waals surface area contributed by atoms with Crippen LogP contribution in [0.4, 0.5) is 0 Å². The van der Waals surface area contributed by atoms with Crippen LogP contribution in [0.5, 0.6) is 0 Å². The predicted molar refractivity (Wildman–Crippen MR) is 115 cm³/mol. The lowest BCUT2D eigenvalue weighted by molar-refractivity contribution is 0.173. The van der Waals surface area contributed by atoms with E-state index in [1.54, 1.807) is 0 Å². The van der Waals surface area contributed by atoms with E-state index in [1.807, 2.05) is 6.07 Å². The molecule has 6 heteroatoms. The molecule has 5 nitrogen and oxygen atoms in total. The summed E-state index contributed by atoms with van der Waals surface area (Å²) < 4.78 is 2.06. The number of hydrogen-bond donors (Lipinski definition) is 1. The van der Waals surface area contributed by atoms with Crippen LogP contribution in [0.1, 0.15) is 37.2 Å². The van der Waals surface area contributed by atoms with Gasteiger partial charge in [-0.2, -0.15) is 5.10 Å². The van der Waals surface area contributed by atoms with E-state index >= 15 is 0 Å². The second-order valence-corrected chi connectivity index (χ2v) is 7.81. The van der Waals surface area contributed by atoms with Crippen molar-refractivity contribution in [2.75, 3.05) is 26.2 Å². The van der Waals surface area contributed by atoms with Gasteiger partial charge in [0, 0.05) is 50.0 Å². The fourth-order valence-electron chi connectivity index (χ4n) is 3.46. The summed E-state index contributed by atoms with van der Waals surface area (Å²) in [6, 6.07) is 10.8. The van der Waals surface area contributed by atoms with Crippen molar-refractivity contribution < 1.29 is 0 Å². The Kier molecular flexibility index (Phi) is 6.50. The van der Waals surface area contributed by atoms with Gasteiger partial charge in [0.25, 0.3) is 0 Å². The van der Waals surface area contributed by atoms with Crippen molar-refractivity contribution in [2.24, 2.45) is 0 Å². The van der Waals surface area contributed by atoms with E-state index in [4.69, 9.17) is 17.3 Å². The van der Waals surface area contributed by atoms with Gasteiger partial charge in [0.05, 0.1) is 11.4 Å². The summed E-state index contributed by atoms with van der Waals surface area (Å²) in [5.74, 6) is 0. The fraction of sp³-hybridized carbons (Fsp3) is 0.524. The molecule has 0 bridgehead atoms. The van der Waals surface area contributed by atoms with Crippen LogP contribution >= 0.6 is 12.2 Å². The van der Waals surface area contributed by atoms with Gasteiger partial charge in [-0.25, -0.2) is 4.68 Å². The molecule has 0 saturated carbocycles. The first-order chi connectivity index (χ1) is 13.0. The van der Waals surface area contributed by atoms with Crippen LogP contribution in [0, 0.1) is 13.8 Å².